The minimum absolute atomic E-state index is 0.298. The lowest BCUT2D eigenvalue weighted by Crippen LogP contribution is -2.12. The lowest BCUT2D eigenvalue weighted by atomic mass is 10.1. The molecule has 2 aromatic carbocycles. The first kappa shape index (κ1) is 16.4. The molecule has 1 amide bonds. The Labute approximate surface area is 148 Å². The fourth-order valence-electron chi connectivity index (χ4n) is 2.10. The van der Waals surface area contributed by atoms with E-state index in [2.05, 4.69) is 15.5 Å². The van der Waals surface area contributed by atoms with Crippen LogP contribution in [0, 0.1) is 0 Å². The van der Waals surface area contributed by atoms with Crippen LogP contribution in [0.1, 0.15) is 20.9 Å². The molecule has 0 spiro atoms. The number of hydrogen-bond acceptors (Lipinski definition) is 5. The van der Waals surface area contributed by atoms with Gasteiger partial charge in [0.25, 0.3) is 5.91 Å². The van der Waals surface area contributed by atoms with Crippen molar-refractivity contribution in [2.75, 3.05) is 12.4 Å². The van der Waals surface area contributed by atoms with Crippen molar-refractivity contribution in [2.45, 2.75) is 6.42 Å². The van der Waals surface area contributed by atoms with Crippen LogP contribution in [-0.2, 0) is 6.42 Å². The fraction of sp³-hybridized carbons (Fsp3) is 0.118. The van der Waals surface area contributed by atoms with Gasteiger partial charge in [0.15, 0.2) is 0 Å². The second kappa shape index (κ2) is 7.42. The smallest absolute Gasteiger partial charge is 0.259 e. The van der Waals surface area contributed by atoms with Gasteiger partial charge in [-0.05, 0) is 29.8 Å². The highest BCUT2D eigenvalue weighted by molar-refractivity contribution is 7.15. The maximum Gasteiger partial charge on any atom is 0.259 e. The van der Waals surface area contributed by atoms with Gasteiger partial charge < -0.3 is 4.74 Å². The maximum absolute atomic E-state index is 12.2. The summed E-state index contributed by atoms with van der Waals surface area (Å²) >= 11 is 7.36. The first-order valence-corrected chi connectivity index (χ1v) is 8.36. The summed E-state index contributed by atoms with van der Waals surface area (Å²) in [7, 11) is 1.63. The molecule has 0 aliphatic carbocycles. The number of anilines is 1. The van der Waals surface area contributed by atoms with Crippen LogP contribution in [0.5, 0.6) is 5.75 Å². The van der Waals surface area contributed by atoms with Gasteiger partial charge in [0, 0.05) is 6.42 Å². The molecule has 1 N–H and O–H groups in total. The molecule has 24 heavy (non-hydrogen) atoms. The molecular formula is C17H14ClN3O2S. The van der Waals surface area contributed by atoms with E-state index in [1.807, 2.05) is 24.3 Å². The van der Waals surface area contributed by atoms with Crippen LogP contribution in [0.25, 0.3) is 0 Å². The van der Waals surface area contributed by atoms with Crippen LogP contribution in [0.15, 0.2) is 48.5 Å². The SMILES string of the molecule is COc1ccc(Cc2nnc(NC(=O)c3ccccc3Cl)s2)cc1. The van der Waals surface area contributed by atoms with Gasteiger partial charge in [0.2, 0.25) is 5.13 Å². The average Bonchev–Trinajstić information content (AvgIpc) is 3.02. The molecule has 1 aromatic heterocycles. The van der Waals surface area contributed by atoms with E-state index >= 15 is 0 Å². The van der Waals surface area contributed by atoms with Crippen LogP contribution in [0.2, 0.25) is 5.02 Å². The van der Waals surface area contributed by atoms with E-state index in [0.29, 0.717) is 22.1 Å². The molecule has 0 bridgehead atoms. The largest absolute Gasteiger partial charge is 0.497 e. The number of carbonyl (C=O) groups excluding carboxylic acids is 1. The van der Waals surface area contributed by atoms with E-state index in [1.54, 1.807) is 31.4 Å². The standard InChI is InChI=1S/C17H14ClN3O2S/c1-23-12-8-6-11(7-9-12)10-15-20-21-17(24-15)19-16(22)13-4-2-3-5-14(13)18/h2-9H,10H2,1H3,(H,19,21,22). The summed E-state index contributed by atoms with van der Waals surface area (Å²) in [5.41, 5.74) is 1.50. The van der Waals surface area contributed by atoms with Gasteiger partial charge in [-0.1, -0.05) is 47.2 Å². The molecule has 1 heterocycles. The molecule has 7 heteroatoms. The molecule has 3 aromatic rings. The van der Waals surface area contributed by atoms with Crippen molar-refractivity contribution in [3.05, 3.63) is 69.7 Å². The minimum Gasteiger partial charge on any atom is -0.497 e. The average molecular weight is 360 g/mol. The van der Waals surface area contributed by atoms with Gasteiger partial charge >= 0.3 is 0 Å². The first-order chi connectivity index (χ1) is 11.7. The Hall–Kier alpha value is -2.44. The molecule has 5 nitrogen and oxygen atoms in total. The second-order valence-electron chi connectivity index (χ2n) is 4.96. The quantitative estimate of drug-likeness (QED) is 0.746. The molecule has 122 valence electrons. The van der Waals surface area contributed by atoms with E-state index in [9.17, 15) is 4.79 Å². The Morgan fingerprint density at radius 2 is 1.92 bits per heavy atom. The normalized spacial score (nSPS) is 10.4. The van der Waals surface area contributed by atoms with Crippen molar-refractivity contribution in [3.8, 4) is 5.75 Å². The van der Waals surface area contributed by atoms with Crippen LogP contribution in [0.3, 0.4) is 0 Å². The number of hydrogen-bond donors (Lipinski definition) is 1. The second-order valence-corrected chi connectivity index (χ2v) is 6.43. The number of ether oxygens (including phenoxy) is 1. The highest BCUT2D eigenvalue weighted by atomic mass is 35.5. The zero-order chi connectivity index (χ0) is 16.9. The zero-order valence-electron chi connectivity index (χ0n) is 12.8. The Balaban J connectivity index is 1.67. The van der Waals surface area contributed by atoms with Crippen molar-refractivity contribution in [3.63, 3.8) is 0 Å². The lowest BCUT2D eigenvalue weighted by Gasteiger charge is -2.02. The lowest BCUT2D eigenvalue weighted by molar-refractivity contribution is 0.102. The summed E-state index contributed by atoms with van der Waals surface area (Å²) in [6.45, 7) is 0. The Morgan fingerprint density at radius 1 is 1.17 bits per heavy atom. The minimum atomic E-state index is -0.298. The summed E-state index contributed by atoms with van der Waals surface area (Å²) in [5, 5.41) is 12.5. The zero-order valence-corrected chi connectivity index (χ0v) is 14.4. The van der Waals surface area contributed by atoms with Crippen molar-refractivity contribution < 1.29 is 9.53 Å². The number of carbonyl (C=O) groups is 1. The molecule has 0 saturated heterocycles. The van der Waals surface area contributed by atoms with Crippen LogP contribution in [0.4, 0.5) is 5.13 Å². The van der Waals surface area contributed by atoms with Gasteiger partial charge in [-0.15, -0.1) is 10.2 Å². The first-order valence-electron chi connectivity index (χ1n) is 7.17. The summed E-state index contributed by atoms with van der Waals surface area (Å²) < 4.78 is 5.14. The topological polar surface area (TPSA) is 64.1 Å². The maximum atomic E-state index is 12.2. The van der Waals surface area contributed by atoms with E-state index in [-0.39, 0.29) is 5.91 Å². The third kappa shape index (κ3) is 3.90. The monoisotopic (exact) mass is 359 g/mol. The predicted molar refractivity (Wildman–Crippen MR) is 95.1 cm³/mol. The van der Waals surface area contributed by atoms with Gasteiger partial charge in [-0.2, -0.15) is 0 Å². The molecule has 0 aliphatic heterocycles. The molecule has 0 atom stereocenters. The molecule has 0 saturated carbocycles. The van der Waals surface area contributed by atoms with Gasteiger partial charge in [-0.3, -0.25) is 10.1 Å². The number of rotatable bonds is 5. The molecule has 0 fully saturated rings. The van der Waals surface area contributed by atoms with Gasteiger partial charge in [0.1, 0.15) is 10.8 Å². The molecule has 0 radical (unpaired) electrons. The van der Waals surface area contributed by atoms with E-state index < -0.39 is 0 Å². The van der Waals surface area contributed by atoms with E-state index in [4.69, 9.17) is 16.3 Å². The number of amides is 1. The van der Waals surface area contributed by atoms with Crippen LogP contribution in [-0.4, -0.2) is 23.2 Å². The van der Waals surface area contributed by atoms with Crippen molar-refractivity contribution in [1.82, 2.24) is 10.2 Å². The number of methoxy groups -OCH3 is 1. The third-order valence-electron chi connectivity index (χ3n) is 3.32. The number of benzene rings is 2. The van der Waals surface area contributed by atoms with Crippen LogP contribution < -0.4 is 10.1 Å². The number of aromatic nitrogens is 2. The predicted octanol–water partition coefficient (Wildman–Crippen LogP) is 4.04. The third-order valence-corrected chi connectivity index (χ3v) is 4.49. The van der Waals surface area contributed by atoms with Gasteiger partial charge in [-0.25, -0.2) is 0 Å². The molecular weight excluding hydrogens is 346 g/mol. The molecule has 3 rings (SSSR count). The Bertz CT molecular complexity index is 849. The summed E-state index contributed by atoms with van der Waals surface area (Å²) in [6.07, 6.45) is 0.642. The molecule has 0 unspecified atom stereocenters. The number of nitrogens with one attached hydrogen (secondary N) is 1. The summed E-state index contributed by atoms with van der Waals surface area (Å²) in [6, 6.07) is 14.6. The van der Waals surface area contributed by atoms with E-state index in [1.165, 1.54) is 11.3 Å². The highest BCUT2D eigenvalue weighted by Crippen LogP contribution is 2.22. The Kier molecular flexibility index (Phi) is 5.08. The number of nitrogens with zero attached hydrogens (tertiary/aromatic N) is 2. The number of halogens is 1. The summed E-state index contributed by atoms with van der Waals surface area (Å²) in [5.74, 6) is 0.511. The molecule has 0 aliphatic rings. The van der Waals surface area contributed by atoms with Gasteiger partial charge in [0.05, 0.1) is 17.7 Å². The van der Waals surface area contributed by atoms with Crippen molar-refractivity contribution in [2.24, 2.45) is 0 Å². The Morgan fingerprint density at radius 3 is 2.62 bits per heavy atom. The van der Waals surface area contributed by atoms with Crippen molar-refractivity contribution >= 4 is 34.0 Å². The van der Waals surface area contributed by atoms with Crippen molar-refractivity contribution in [1.29, 1.82) is 0 Å². The van der Waals surface area contributed by atoms with E-state index in [0.717, 1.165) is 16.3 Å². The fourth-order valence-corrected chi connectivity index (χ4v) is 3.09. The van der Waals surface area contributed by atoms with Crippen LogP contribution >= 0.6 is 22.9 Å². The summed E-state index contributed by atoms with van der Waals surface area (Å²) in [4.78, 5) is 12.2. The highest BCUT2D eigenvalue weighted by Gasteiger charge is 2.13.